The number of benzene rings is 2. The molecule has 0 aromatic heterocycles. The minimum absolute atomic E-state index is 0.111. The van der Waals surface area contributed by atoms with Crippen molar-refractivity contribution in [2.75, 3.05) is 62.8 Å². The molecule has 148 valence electrons. The molecule has 0 aliphatic carbocycles. The SMILES string of the molecule is CN(CC1CCN(c2ccccc2)C1)C(=O)c1ccccc1N1CCOCC1. The smallest absolute Gasteiger partial charge is 0.255 e. The maximum absolute atomic E-state index is 13.2. The zero-order chi connectivity index (χ0) is 19.3. The summed E-state index contributed by atoms with van der Waals surface area (Å²) >= 11 is 0. The van der Waals surface area contributed by atoms with Crippen molar-refractivity contribution in [1.29, 1.82) is 0 Å². The first-order valence-electron chi connectivity index (χ1n) is 10.2. The number of carbonyl (C=O) groups is 1. The van der Waals surface area contributed by atoms with E-state index in [1.54, 1.807) is 0 Å². The molecule has 1 atom stereocenters. The van der Waals surface area contributed by atoms with Gasteiger partial charge in [0.15, 0.2) is 0 Å². The molecule has 1 unspecified atom stereocenters. The Labute approximate surface area is 167 Å². The minimum atomic E-state index is 0.111. The van der Waals surface area contributed by atoms with Crippen molar-refractivity contribution in [2.45, 2.75) is 6.42 Å². The fourth-order valence-electron chi connectivity index (χ4n) is 4.27. The molecule has 2 aromatic carbocycles. The van der Waals surface area contributed by atoms with Crippen molar-refractivity contribution in [2.24, 2.45) is 5.92 Å². The van der Waals surface area contributed by atoms with E-state index in [1.165, 1.54) is 5.69 Å². The molecular formula is C23H29N3O2. The van der Waals surface area contributed by atoms with Crippen LogP contribution in [0.15, 0.2) is 54.6 Å². The topological polar surface area (TPSA) is 36.0 Å². The molecule has 0 spiro atoms. The third-order valence-electron chi connectivity index (χ3n) is 5.77. The molecule has 2 heterocycles. The van der Waals surface area contributed by atoms with Gasteiger partial charge in [0, 0.05) is 51.1 Å². The number of nitrogens with zero attached hydrogens (tertiary/aromatic N) is 3. The van der Waals surface area contributed by atoms with Gasteiger partial charge in [0.05, 0.1) is 18.8 Å². The van der Waals surface area contributed by atoms with E-state index in [0.717, 1.165) is 63.6 Å². The molecule has 5 nitrogen and oxygen atoms in total. The standard InChI is InChI=1S/C23H29N3O2/c1-24(17-19-11-12-26(18-19)20-7-3-2-4-8-20)23(27)21-9-5-6-10-22(21)25-13-15-28-16-14-25/h2-10,19H,11-18H2,1H3. The van der Waals surface area contributed by atoms with Crippen LogP contribution in [0.4, 0.5) is 11.4 Å². The van der Waals surface area contributed by atoms with Crippen LogP contribution in [0.1, 0.15) is 16.8 Å². The summed E-state index contributed by atoms with van der Waals surface area (Å²) in [5.74, 6) is 0.616. The van der Waals surface area contributed by atoms with E-state index < -0.39 is 0 Å². The molecule has 2 fully saturated rings. The Morgan fingerprint density at radius 3 is 2.50 bits per heavy atom. The summed E-state index contributed by atoms with van der Waals surface area (Å²) in [6, 6.07) is 18.5. The third kappa shape index (κ3) is 4.14. The van der Waals surface area contributed by atoms with Crippen molar-refractivity contribution in [3.8, 4) is 0 Å². The van der Waals surface area contributed by atoms with Crippen LogP contribution in [0.2, 0.25) is 0 Å². The van der Waals surface area contributed by atoms with Crippen molar-refractivity contribution in [3.05, 3.63) is 60.2 Å². The highest BCUT2D eigenvalue weighted by molar-refractivity contribution is 5.99. The molecule has 2 aliphatic heterocycles. The van der Waals surface area contributed by atoms with Gasteiger partial charge < -0.3 is 19.4 Å². The number of hydrogen-bond acceptors (Lipinski definition) is 4. The lowest BCUT2D eigenvalue weighted by Gasteiger charge is -2.31. The first-order valence-corrected chi connectivity index (χ1v) is 10.2. The van der Waals surface area contributed by atoms with Crippen LogP contribution in [0.25, 0.3) is 0 Å². The van der Waals surface area contributed by atoms with E-state index in [9.17, 15) is 4.79 Å². The molecule has 0 N–H and O–H groups in total. The zero-order valence-corrected chi connectivity index (χ0v) is 16.6. The molecule has 2 aliphatic rings. The first kappa shape index (κ1) is 18.8. The van der Waals surface area contributed by atoms with Gasteiger partial charge in [-0.25, -0.2) is 0 Å². The number of carbonyl (C=O) groups excluding carboxylic acids is 1. The number of rotatable bonds is 5. The summed E-state index contributed by atoms with van der Waals surface area (Å²) in [7, 11) is 1.93. The fraction of sp³-hybridized carbons (Fsp3) is 0.435. The predicted molar refractivity (Wildman–Crippen MR) is 113 cm³/mol. The van der Waals surface area contributed by atoms with Gasteiger partial charge in [0.25, 0.3) is 5.91 Å². The highest BCUT2D eigenvalue weighted by Crippen LogP contribution is 2.26. The Bertz CT molecular complexity index is 789. The van der Waals surface area contributed by atoms with E-state index >= 15 is 0 Å². The van der Waals surface area contributed by atoms with Gasteiger partial charge in [-0.2, -0.15) is 0 Å². The largest absolute Gasteiger partial charge is 0.378 e. The highest BCUT2D eigenvalue weighted by Gasteiger charge is 2.27. The first-order chi connectivity index (χ1) is 13.7. The number of anilines is 2. The van der Waals surface area contributed by atoms with E-state index in [2.05, 4.69) is 46.2 Å². The van der Waals surface area contributed by atoms with Crippen molar-refractivity contribution >= 4 is 17.3 Å². The molecule has 1 amide bonds. The van der Waals surface area contributed by atoms with Crippen LogP contribution >= 0.6 is 0 Å². The normalized spacial score (nSPS) is 19.7. The van der Waals surface area contributed by atoms with Crippen LogP contribution < -0.4 is 9.80 Å². The van der Waals surface area contributed by atoms with E-state index in [0.29, 0.717) is 5.92 Å². The number of ether oxygens (including phenoxy) is 1. The number of para-hydroxylation sites is 2. The van der Waals surface area contributed by atoms with E-state index in [-0.39, 0.29) is 5.91 Å². The predicted octanol–water partition coefficient (Wildman–Crippen LogP) is 3.12. The summed E-state index contributed by atoms with van der Waals surface area (Å²) < 4.78 is 5.46. The lowest BCUT2D eigenvalue weighted by molar-refractivity contribution is 0.0775. The van der Waals surface area contributed by atoms with E-state index in [4.69, 9.17) is 4.74 Å². The second kappa shape index (κ2) is 8.65. The second-order valence-corrected chi connectivity index (χ2v) is 7.74. The van der Waals surface area contributed by atoms with Gasteiger partial charge in [-0.1, -0.05) is 30.3 Å². The van der Waals surface area contributed by atoms with Gasteiger partial charge >= 0.3 is 0 Å². The molecule has 0 saturated carbocycles. The maximum Gasteiger partial charge on any atom is 0.255 e. The zero-order valence-electron chi connectivity index (χ0n) is 16.6. The number of amides is 1. The number of hydrogen-bond donors (Lipinski definition) is 0. The lowest BCUT2D eigenvalue weighted by Crippen LogP contribution is -2.39. The monoisotopic (exact) mass is 379 g/mol. The minimum Gasteiger partial charge on any atom is -0.378 e. The molecule has 4 rings (SSSR count). The van der Waals surface area contributed by atoms with Crippen molar-refractivity contribution in [3.63, 3.8) is 0 Å². The molecule has 2 aromatic rings. The average Bonchev–Trinajstić information content (AvgIpc) is 3.23. The van der Waals surface area contributed by atoms with Crippen LogP contribution in [0, 0.1) is 5.92 Å². The molecule has 2 saturated heterocycles. The summed E-state index contributed by atoms with van der Waals surface area (Å²) in [4.78, 5) is 19.8. The summed E-state index contributed by atoms with van der Waals surface area (Å²) in [6.07, 6.45) is 1.12. The van der Waals surface area contributed by atoms with Gasteiger partial charge in [-0.05, 0) is 36.6 Å². The summed E-state index contributed by atoms with van der Waals surface area (Å²) in [5, 5.41) is 0. The van der Waals surface area contributed by atoms with Gasteiger partial charge in [0.2, 0.25) is 0 Å². The van der Waals surface area contributed by atoms with Crippen LogP contribution in [0.3, 0.4) is 0 Å². The molecule has 0 bridgehead atoms. The Morgan fingerprint density at radius 2 is 1.71 bits per heavy atom. The highest BCUT2D eigenvalue weighted by atomic mass is 16.5. The number of morpholine rings is 1. The van der Waals surface area contributed by atoms with Gasteiger partial charge in [0.1, 0.15) is 0 Å². The van der Waals surface area contributed by atoms with Crippen molar-refractivity contribution < 1.29 is 9.53 Å². The Hall–Kier alpha value is -2.53. The average molecular weight is 380 g/mol. The third-order valence-corrected chi connectivity index (χ3v) is 5.77. The summed E-state index contributed by atoms with van der Waals surface area (Å²) in [6.45, 7) is 5.96. The Kier molecular flexibility index (Phi) is 5.81. The van der Waals surface area contributed by atoms with Gasteiger partial charge in [-0.15, -0.1) is 0 Å². The molecule has 0 radical (unpaired) electrons. The Morgan fingerprint density at radius 1 is 1.00 bits per heavy atom. The van der Waals surface area contributed by atoms with Gasteiger partial charge in [-0.3, -0.25) is 4.79 Å². The maximum atomic E-state index is 13.2. The summed E-state index contributed by atoms with van der Waals surface area (Å²) in [5.41, 5.74) is 3.10. The van der Waals surface area contributed by atoms with Crippen LogP contribution in [-0.4, -0.2) is 63.8 Å². The Balaban J connectivity index is 1.40. The molecule has 28 heavy (non-hydrogen) atoms. The van der Waals surface area contributed by atoms with Crippen LogP contribution in [0.5, 0.6) is 0 Å². The molecular weight excluding hydrogens is 350 g/mol. The quantitative estimate of drug-likeness (QED) is 0.800. The second-order valence-electron chi connectivity index (χ2n) is 7.74. The fourth-order valence-corrected chi connectivity index (χ4v) is 4.27. The lowest BCUT2D eigenvalue weighted by atomic mass is 10.1. The van der Waals surface area contributed by atoms with Crippen LogP contribution in [-0.2, 0) is 4.74 Å². The van der Waals surface area contributed by atoms with E-state index in [1.807, 2.05) is 30.1 Å². The van der Waals surface area contributed by atoms with Crippen molar-refractivity contribution in [1.82, 2.24) is 4.90 Å². The molecule has 5 heteroatoms.